The number of carbonyl (C=O) groups is 1. The molecule has 3 nitrogen and oxygen atoms in total. The molecule has 0 unspecified atom stereocenters. The van der Waals surface area contributed by atoms with Gasteiger partial charge >= 0.3 is 5.97 Å². The number of hydrogen-bond donors (Lipinski definition) is 0. The minimum absolute atomic E-state index is 0.262. The van der Waals surface area contributed by atoms with E-state index in [9.17, 15) is 4.79 Å². The molecule has 0 aliphatic heterocycles. The fourth-order valence-electron chi connectivity index (χ4n) is 0.822. The maximum Gasteiger partial charge on any atom is 0.308 e. The van der Waals surface area contributed by atoms with Crippen LogP contribution in [-0.4, -0.2) is 19.7 Å². The summed E-state index contributed by atoms with van der Waals surface area (Å²) in [4.78, 5) is 10.7. The van der Waals surface area contributed by atoms with Crippen molar-refractivity contribution in [2.24, 2.45) is 0 Å². The largest absolute Gasteiger partial charge is 0.493 e. The Morgan fingerprint density at radius 3 is 2.77 bits per heavy atom. The Morgan fingerprint density at radius 1 is 1.46 bits per heavy atom. The first-order chi connectivity index (χ1) is 6.33. The van der Waals surface area contributed by atoms with Gasteiger partial charge in [0.1, 0.15) is 5.75 Å². The molecule has 13 heavy (non-hydrogen) atoms. The van der Waals surface area contributed by atoms with Crippen molar-refractivity contribution in [3.8, 4) is 5.75 Å². The van der Waals surface area contributed by atoms with Crippen molar-refractivity contribution >= 4 is 5.97 Å². The van der Waals surface area contributed by atoms with E-state index in [1.54, 1.807) is 24.3 Å². The van der Waals surface area contributed by atoms with Crippen LogP contribution in [0.3, 0.4) is 0 Å². The van der Waals surface area contributed by atoms with Crippen molar-refractivity contribution in [1.82, 2.24) is 0 Å². The molecule has 0 N–H and O–H groups in total. The summed E-state index contributed by atoms with van der Waals surface area (Å²) in [5.74, 6) is 0.477. The van der Waals surface area contributed by atoms with E-state index in [0.29, 0.717) is 6.61 Å². The molecule has 0 saturated carbocycles. The molecule has 0 atom stereocenters. The lowest BCUT2D eigenvalue weighted by Crippen LogP contribution is -2.07. The molecule has 0 aliphatic rings. The molecule has 3 heteroatoms. The van der Waals surface area contributed by atoms with Crippen molar-refractivity contribution in [3.63, 3.8) is 0 Å². The second-order valence-corrected chi connectivity index (χ2v) is 2.41. The van der Waals surface area contributed by atoms with Crippen molar-refractivity contribution in [2.45, 2.75) is 6.42 Å². The lowest BCUT2D eigenvalue weighted by molar-refractivity contribution is -0.141. The van der Waals surface area contributed by atoms with Gasteiger partial charge in [-0.1, -0.05) is 12.1 Å². The number of hydrogen-bond acceptors (Lipinski definition) is 3. The minimum atomic E-state index is -0.262. The van der Waals surface area contributed by atoms with Gasteiger partial charge in [-0.05, 0) is 18.2 Å². The summed E-state index contributed by atoms with van der Waals surface area (Å²) in [5.41, 5.74) is 0. The number of methoxy groups -OCH3 is 1. The Balaban J connectivity index is 2.24. The van der Waals surface area contributed by atoms with Crippen LogP contribution in [-0.2, 0) is 9.53 Å². The van der Waals surface area contributed by atoms with Gasteiger partial charge in [0.05, 0.1) is 20.1 Å². The second-order valence-electron chi connectivity index (χ2n) is 2.41. The third kappa shape index (κ3) is 3.60. The molecule has 0 fully saturated rings. The molecular weight excluding hydrogens is 168 g/mol. The summed E-state index contributed by atoms with van der Waals surface area (Å²) < 4.78 is 9.72. The Labute approximate surface area is 77.3 Å². The topological polar surface area (TPSA) is 35.5 Å². The van der Waals surface area contributed by atoms with Crippen molar-refractivity contribution < 1.29 is 14.3 Å². The van der Waals surface area contributed by atoms with E-state index in [-0.39, 0.29) is 12.4 Å². The molecule has 0 amide bonds. The van der Waals surface area contributed by atoms with Crippen molar-refractivity contribution in [3.05, 3.63) is 30.3 Å². The van der Waals surface area contributed by atoms with Gasteiger partial charge in [0, 0.05) is 0 Å². The second kappa shape index (κ2) is 5.19. The number of esters is 1. The van der Waals surface area contributed by atoms with E-state index in [1.807, 2.05) is 0 Å². The lowest BCUT2D eigenvalue weighted by atomic mass is 10.3. The summed E-state index contributed by atoms with van der Waals surface area (Å²) in [6, 6.07) is 9.96. The van der Waals surface area contributed by atoms with Crippen LogP contribution in [0.5, 0.6) is 5.75 Å². The number of benzene rings is 1. The number of rotatable bonds is 4. The Kier molecular flexibility index (Phi) is 3.82. The van der Waals surface area contributed by atoms with Gasteiger partial charge in [0.15, 0.2) is 0 Å². The standard InChI is InChI=1S/C10H11O3/c1-12-10(11)7-8-13-9-5-3-2-4-6-9/h3-6H,7-8H2,1H3. The highest BCUT2D eigenvalue weighted by Gasteiger charge is 1.99. The maximum atomic E-state index is 10.7. The van der Waals surface area contributed by atoms with Crippen LogP contribution in [0.2, 0.25) is 0 Å². The summed E-state index contributed by atoms with van der Waals surface area (Å²) >= 11 is 0. The van der Waals surface area contributed by atoms with Gasteiger partial charge in [-0.15, -0.1) is 0 Å². The van der Waals surface area contributed by atoms with Gasteiger partial charge in [0.2, 0.25) is 0 Å². The SMILES string of the molecule is COC(=O)CCOc1cc[c]cc1. The third-order valence-electron chi connectivity index (χ3n) is 1.49. The third-order valence-corrected chi connectivity index (χ3v) is 1.49. The van der Waals surface area contributed by atoms with Gasteiger partial charge in [0.25, 0.3) is 0 Å². The first kappa shape index (κ1) is 9.58. The zero-order valence-electron chi connectivity index (χ0n) is 7.45. The maximum absolute atomic E-state index is 10.7. The van der Waals surface area contributed by atoms with E-state index >= 15 is 0 Å². The molecule has 1 rings (SSSR count). The highest BCUT2D eigenvalue weighted by molar-refractivity contribution is 5.69. The zero-order valence-corrected chi connectivity index (χ0v) is 7.45. The van der Waals surface area contributed by atoms with E-state index < -0.39 is 0 Å². The van der Waals surface area contributed by atoms with E-state index in [0.717, 1.165) is 5.75 Å². The average Bonchev–Trinajstić information content (AvgIpc) is 2.19. The van der Waals surface area contributed by atoms with E-state index in [4.69, 9.17) is 4.74 Å². The molecule has 0 aliphatic carbocycles. The highest BCUT2D eigenvalue weighted by atomic mass is 16.5. The average molecular weight is 179 g/mol. The lowest BCUT2D eigenvalue weighted by Gasteiger charge is -2.03. The molecular formula is C10H11O3. The molecule has 0 spiro atoms. The summed E-state index contributed by atoms with van der Waals surface area (Å²) in [5, 5.41) is 0. The van der Waals surface area contributed by atoms with Crippen LogP contribution >= 0.6 is 0 Å². The van der Waals surface area contributed by atoms with Crippen LogP contribution in [0.1, 0.15) is 6.42 Å². The molecule has 1 aromatic rings. The predicted octanol–water partition coefficient (Wildman–Crippen LogP) is 1.43. The normalized spacial score (nSPS) is 9.31. The Hall–Kier alpha value is -1.51. The Bertz CT molecular complexity index is 256. The van der Waals surface area contributed by atoms with Crippen LogP contribution in [0.25, 0.3) is 0 Å². The van der Waals surface area contributed by atoms with Gasteiger partial charge in [-0.25, -0.2) is 0 Å². The van der Waals surface area contributed by atoms with E-state index in [2.05, 4.69) is 10.8 Å². The molecule has 0 heterocycles. The summed E-state index contributed by atoms with van der Waals surface area (Å²) in [6.07, 6.45) is 0.273. The van der Waals surface area contributed by atoms with Crippen molar-refractivity contribution in [2.75, 3.05) is 13.7 Å². The van der Waals surface area contributed by atoms with Crippen LogP contribution in [0, 0.1) is 6.07 Å². The van der Waals surface area contributed by atoms with Gasteiger partial charge < -0.3 is 9.47 Å². The predicted molar refractivity (Wildman–Crippen MR) is 47.4 cm³/mol. The first-order valence-electron chi connectivity index (χ1n) is 3.98. The molecule has 1 aromatic carbocycles. The number of ether oxygens (including phenoxy) is 2. The van der Waals surface area contributed by atoms with Crippen LogP contribution < -0.4 is 4.74 Å². The van der Waals surface area contributed by atoms with Crippen LogP contribution in [0.15, 0.2) is 24.3 Å². The van der Waals surface area contributed by atoms with Gasteiger partial charge in [-0.2, -0.15) is 0 Å². The minimum Gasteiger partial charge on any atom is -0.493 e. The molecule has 0 aromatic heterocycles. The first-order valence-corrected chi connectivity index (χ1v) is 3.98. The highest BCUT2D eigenvalue weighted by Crippen LogP contribution is 2.07. The number of carbonyl (C=O) groups excluding carboxylic acids is 1. The molecule has 0 saturated heterocycles. The Morgan fingerprint density at radius 2 is 2.15 bits per heavy atom. The zero-order chi connectivity index (χ0) is 9.52. The fourth-order valence-corrected chi connectivity index (χ4v) is 0.822. The monoisotopic (exact) mass is 179 g/mol. The van der Waals surface area contributed by atoms with E-state index in [1.165, 1.54) is 7.11 Å². The van der Waals surface area contributed by atoms with Gasteiger partial charge in [-0.3, -0.25) is 4.79 Å². The fraction of sp³-hybridized carbons (Fsp3) is 0.300. The van der Waals surface area contributed by atoms with Crippen molar-refractivity contribution in [1.29, 1.82) is 0 Å². The molecule has 0 bridgehead atoms. The molecule has 1 radical (unpaired) electrons. The quantitative estimate of drug-likeness (QED) is 0.656. The smallest absolute Gasteiger partial charge is 0.308 e. The van der Waals surface area contributed by atoms with Crippen LogP contribution in [0.4, 0.5) is 0 Å². The summed E-state index contributed by atoms with van der Waals surface area (Å²) in [6.45, 7) is 0.344. The molecule has 69 valence electrons. The summed E-state index contributed by atoms with van der Waals surface area (Å²) in [7, 11) is 1.36.